The number of aryl methyl sites for hydroxylation is 1. The van der Waals surface area contributed by atoms with Crippen LogP contribution in [-0.2, 0) is 11.3 Å². The lowest BCUT2D eigenvalue weighted by Gasteiger charge is -2.13. The van der Waals surface area contributed by atoms with E-state index < -0.39 is 5.91 Å². The number of rotatable bonds is 7. The predicted octanol–water partition coefficient (Wildman–Crippen LogP) is 1.36. The second kappa shape index (κ2) is 6.91. The van der Waals surface area contributed by atoms with E-state index in [1.54, 1.807) is 0 Å². The van der Waals surface area contributed by atoms with Crippen molar-refractivity contribution in [1.82, 2.24) is 5.32 Å². The minimum absolute atomic E-state index is 0.0777. The van der Waals surface area contributed by atoms with Gasteiger partial charge in [-0.25, -0.2) is 0 Å². The number of nitrogens with one attached hydrogen (secondary N) is 1. The molecule has 1 aromatic rings. The van der Waals surface area contributed by atoms with Gasteiger partial charge in [0.15, 0.2) is 6.61 Å². The summed E-state index contributed by atoms with van der Waals surface area (Å²) in [6, 6.07) is 5.93. The Bertz CT molecular complexity index is 378. The lowest BCUT2D eigenvalue weighted by atomic mass is 10.1. The number of carbonyl (C=O) groups excluding carboxylic acids is 1. The van der Waals surface area contributed by atoms with E-state index in [1.807, 2.05) is 25.1 Å². The molecular weight excluding hydrogens is 216 g/mol. The Morgan fingerprint density at radius 1 is 1.47 bits per heavy atom. The molecule has 1 amide bonds. The van der Waals surface area contributed by atoms with Crippen LogP contribution in [0.15, 0.2) is 18.2 Å². The molecule has 0 saturated heterocycles. The van der Waals surface area contributed by atoms with E-state index in [1.165, 1.54) is 0 Å². The van der Waals surface area contributed by atoms with Crippen molar-refractivity contribution in [3.8, 4) is 5.75 Å². The molecule has 0 heterocycles. The van der Waals surface area contributed by atoms with E-state index in [2.05, 4.69) is 12.2 Å². The molecule has 17 heavy (non-hydrogen) atoms. The van der Waals surface area contributed by atoms with Crippen LogP contribution < -0.4 is 15.8 Å². The Morgan fingerprint density at radius 2 is 2.24 bits per heavy atom. The van der Waals surface area contributed by atoms with Gasteiger partial charge in [0.25, 0.3) is 5.91 Å². The highest BCUT2D eigenvalue weighted by Crippen LogP contribution is 2.23. The van der Waals surface area contributed by atoms with Crippen molar-refractivity contribution in [3.63, 3.8) is 0 Å². The van der Waals surface area contributed by atoms with Gasteiger partial charge in [0.05, 0.1) is 0 Å². The summed E-state index contributed by atoms with van der Waals surface area (Å²) in [6.45, 7) is 5.70. The zero-order valence-electron chi connectivity index (χ0n) is 10.5. The van der Waals surface area contributed by atoms with Gasteiger partial charge in [0.1, 0.15) is 5.75 Å². The van der Waals surface area contributed by atoms with Gasteiger partial charge in [0.2, 0.25) is 0 Å². The molecule has 1 rings (SSSR count). The lowest BCUT2D eigenvalue weighted by Crippen LogP contribution is -2.21. The number of hydrogen-bond acceptors (Lipinski definition) is 3. The molecule has 0 aliphatic heterocycles. The molecular formula is C13H20N2O2. The van der Waals surface area contributed by atoms with Gasteiger partial charge in [-0.05, 0) is 25.5 Å². The number of primary amides is 1. The van der Waals surface area contributed by atoms with Crippen molar-refractivity contribution in [2.45, 2.75) is 26.8 Å². The Labute approximate surface area is 102 Å². The highest BCUT2D eigenvalue weighted by Gasteiger charge is 2.07. The van der Waals surface area contributed by atoms with E-state index in [0.717, 1.165) is 36.4 Å². The molecule has 4 heteroatoms. The normalized spacial score (nSPS) is 10.2. The number of amides is 1. The molecule has 0 fully saturated rings. The second-order valence-corrected chi connectivity index (χ2v) is 3.99. The van der Waals surface area contributed by atoms with Crippen LogP contribution in [0.25, 0.3) is 0 Å². The zero-order chi connectivity index (χ0) is 12.7. The number of para-hydroxylation sites is 1. The van der Waals surface area contributed by atoms with Crippen molar-refractivity contribution in [1.29, 1.82) is 0 Å². The lowest BCUT2D eigenvalue weighted by molar-refractivity contribution is -0.119. The fourth-order valence-electron chi connectivity index (χ4n) is 1.60. The van der Waals surface area contributed by atoms with Crippen LogP contribution in [0.5, 0.6) is 5.75 Å². The van der Waals surface area contributed by atoms with Gasteiger partial charge in [-0.3, -0.25) is 4.79 Å². The van der Waals surface area contributed by atoms with E-state index in [-0.39, 0.29) is 6.61 Å². The van der Waals surface area contributed by atoms with Gasteiger partial charge in [-0.2, -0.15) is 0 Å². The van der Waals surface area contributed by atoms with E-state index in [0.29, 0.717) is 0 Å². The predicted molar refractivity (Wildman–Crippen MR) is 67.9 cm³/mol. The zero-order valence-corrected chi connectivity index (χ0v) is 10.5. The largest absolute Gasteiger partial charge is 0.483 e. The summed E-state index contributed by atoms with van der Waals surface area (Å²) in [4.78, 5) is 10.7. The Balaban J connectivity index is 2.73. The maximum absolute atomic E-state index is 10.7. The molecule has 3 N–H and O–H groups in total. The number of carbonyl (C=O) groups is 1. The minimum Gasteiger partial charge on any atom is -0.483 e. The maximum atomic E-state index is 10.7. The fourth-order valence-corrected chi connectivity index (χ4v) is 1.60. The molecule has 0 aliphatic carbocycles. The van der Waals surface area contributed by atoms with Crippen molar-refractivity contribution in [3.05, 3.63) is 29.3 Å². The van der Waals surface area contributed by atoms with E-state index in [9.17, 15) is 4.79 Å². The summed E-state index contributed by atoms with van der Waals surface area (Å²) in [7, 11) is 0. The molecule has 0 aromatic heterocycles. The third-order valence-corrected chi connectivity index (χ3v) is 2.39. The number of nitrogens with two attached hydrogens (primary N) is 1. The summed E-state index contributed by atoms with van der Waals surface area (Å²) < 4.78 is 5.45. The summed E-state index contributed by atoms with van der Waals surface area (Å²) in [5.74, 6) is 0.302. The third kappa shape index (κ3) is 4.44. The molecule has 0 saturated carbocycles. The van der Waals surface area contributed by atoms with Crippen molar-refractivity contribution >= 4 is 5.91 Å². The molecule has 0 spiro atoms. The van der Waals surface area contributed by atoms with Crippen molar-refractivity contribution < 1.29 is 9.53 Å². The monoisotopic (exact) mass is 236 g/mol. The SMILES string of the molecule is CCCNCc1cccc(C)c1OCC(N)=O. The van der Waals surface area contributed by atoms with Crippen LogP contribution in [0.2, 0.25) is 0 Å². The molecule has 94 valence electrons. The summed E-state index contributed by atoms with van der Waals surface area (Å²) >= 11 is 0. The van der Waals surface area contributed by atoms with Crippen LogP contribution in [0, 0.1) is 6.92 Å². The van der Waals surface area contributed by atoms with Gasteiger partial charge < -0.3 is 15.8 Å². The molecule has 0 radical (unpaired) electrons. The quantitative estimate of drug-likeness (QED) is 0.703. The third-order valence-electron chi connectivity index (χ3n) is 2.39. The van der Waals surface area contributed by atoms with E-state index in [4.69, 9.17) is 10.5 Å². The molecule has 0 bridgehead atoms. The first-order valence-electron chi connectivity index (χ1n) is 5.85. The molecule has 0 aliphatic rings. The van der Waals surface area contributed by atoms with Crippen LogP contribution in [0.3, 0.4) is 0 Å². The Hall–Kier alpha value is -1.55. The van der Waals surface area contributed by atoms with Gasteiger partial charge in [0, 0.05) is 12.1 Å². The molecule has 4 nitrogen and oxygen atoms in total. The highest BCUT2D eigenvalue weighted by atomic mass is 16.5. The summed E-state index contributed by atoms with van der Waals surface area (Å²) in [5.41, 5.74) is 7.15. The molecule has 0 atom stereocenters. The summed E-state index contributed by atoms with van der Waals surface area (Å²) in [5, 5.41) is 3.31. The first kappa shape index (κ1) is 13.5. The maximum Gasteiger partial charge on any atom is 0.255 e. The molecule has 1 aromatic carbocycles. The smallest absolute Gasteiger partial charge is 0.255 e. The van der Waals surface area contributed by atoms with Crippen molar-refractivity contribution in [2.24, 2.45) is 5.73 Å². The number of benzene rings is 1. The standard InChI is InChI=1S/C13H20N2O2/c1-3-7-15-8-11-6-4-5-10(2)13(11)17-9-12(14)16/h4-6,15H,3,7-9H2,1-2H3,(H2,14,16). The van der Waals surface area contributed by atoms with Gasteiger partial charge in [-0.1, -0.05) is 25.1 Å². The average Bonchev–Trinajstić information content (AvgIpc) is 2.28. The second-order valence-electron chi connectivity index (χ2n) is 3.99. The van der Waals surface area contributed by atoms with Gasteiger partial charge in [-0.15, -0.1) is 0 Å². The van der Waals surface area contributed by atoms with Crippen LogP contribution >= 0.6 is 0 Å². The first-order valence-corrected chi connectivity index (χ1v) is 5.85. The van der Waals surface area contributed by atoms with Crippen molar-refractivity contribution in [2.75, 3.05) is 13.2 Å². The topological polar surface area (TPSA) is 64.3 Å². The highest BCUT2D eigenvalue weighted by molar-refractivity contribution is 5.75. The number of hydrogen-bond donors (Lipinski definition) is 2. The van der Waals surface area contributed by atoms with Crippen LogP contribution in [-0.4, -0.2) is 19.1 Å². The fraction of sp³-hybridized carbons (Fsp3) is 0.462. The number of ether oxygens (including phenoxy) is 1. The van der Waals surface area contributed by atoms with Gasteiger partial charge >= 0.3 is 0 Å². The first-order chi connectivity index (χ1) is 8.15. The van der Waals surface area contributed by atoms with E-state index >= 15 is 0 Å². The van der Waals surface area contributed by atoms with Crippen LogP contribution in [0.1, 0.15) is 24.5 Å². The molecule has 0 unspecified atom stereocenters. The minimum atomic E-state index is -0.458. The summed E-state index contributed by atoms with van der Waals surface area (Å²) in [6.07, 6.45) is 1.09. The van der Waals surface area contributed by atoms with Crippen LogP contribution in [0.4, 0.5) is 0 Å². The Kier molecular flexibility index (Phi) is 5.49. The average molecular weight is 236 g/mol. The Morgan fingerprint density at radius 3 is 2.88 bits per heavy atom.